The maximum atomic E-state index is 15.3. The number of ether oxygens (including phenoxy) is 5. The smallest absolute Gasteiger partial charge is 0.428 e. The summed E-state index contributed by atoms with van der Waals surface area (Å²) in [6.45, 7) is 16.4. The van der Waals surface area contributed by atoms with Gasteiger partial charge in [0.2, 0.25) is 35.1 Å². The number of nitrogens with zero attached hydrogens (tertiary/aromatic N) is 3. The molecule has 6 aliphatic rings. The fourth-order valence-electron chi connectivity index (χ4n) is 9.39. The highest BCUT2D eigenvalue weighted by Crippen LogP contribution is 2.57. The predicted molar refractivity (Wildman–Crippen MR) is 376 cm³/mol. The third-order valence-electron chi connectivity index (χ3n) is 14.6. The van der Waals surface area contributed by atoms with E-state index < -0.39 is 158 Å². The average Bonchev–Trinajstić information content (AvgIpc) is 1.60. The standard InChI is InChI=1S/C14H14F2INO3.C14H15F2NO4.C13H13F2NO5.C12H17ClNO4P.C6H5Cl2O2P.C6H13NO2.ClH/c1-3-5-13(15)9(2)14(16,8-17)21-12(13)18-6-4-10(19)7-11(18)20;1-3-5-13(15)9(2)14(16,8-18)21-12(13)17-6-4-10(19)7-11(17)20;1-2-4-12(14)10(20)13(15,7-17)21-11(12)16-5-3-8(18)6-9(16)19;1-9(2)17-12(15)10(3)14-19(13,16)18-11-7-5-4-6-8-11;7-11(8,9)10-6-4-2-1-3-5-6;1-4(2)9-6(8)5(3)7;/h4-6,9,12H,1,7-8H2,2H3;4-6,9,12,18H,1,7-8H2,2H3;3-5,10-11,17,20H,1,6-7H2;4-10H,1-3H3,(H,14,16);1-5H;4-5H,7H2,1-3H3;1H/t2*9-,12+,13+,14+;10-,11+,12+,13+;10-,19?;;5-;/m0000.0./s1. The maximum absolute atomic E-state index is 15.3. The highest BCUT2D eigenvalue weighted by molar-refractivity contribution is 14.1. The maximum Gasteiger partial charge on any atom is 0.428 e. The molecule has 15 atom stereocenters. The number of aliphatic hydroxyl groups is 3. The van der Waals surface area contributed by atoms with E-state index in [0.717, 1.165) is 58.8 Å². The lowest BCUT2D eigenvalue weighted by molar-refractivity contribution is -0.212. The summed E-state index contributed by atoms with van der Waals surface area (Å²) in [5.41, 5.74) is 4.23. The number of carbonyl (C=O) groups excluding carboxylic acids is 8. The van der Waals surface area contributed by atoms with Crippen molar-refractivity contribution in [1.82, 2.24) is 19.8 Å². The Bertz CT molecular complexity index is 3460. The molecule has 2 aromatic rings. The second kappa shape index (κ2) is 39.9. The molecule has 3 fully saturated rings. The van der Waals surface area contributed by atoms with Crippen molar-refractivity contribution >= 4 is 129 Å². The summed E-state index contributed by atoms with van der Waals surface area (Å²) in [7, 11) is 0. The van der Waals surface area contributed by atoms with E-state index in [2.05, 4.69) is 46.5 Å². The number of nitrogens with two attached hydrogens (primary N) is 1. The monoisotopic (exact) mass is 1690 g/mol. The Hall–Kier alpha value is -6.21. The molecule has 6 aliphatic heterocycles. The molecule has 0 aromatic heterocycles. The van der Waals surface area contributed by atoms with E-state index in [1.807, 2.05) is 0 Å². The lowest BCUT2D eigenvalue weighted by atomic mass is 9.86. The lowest BCUT2D eigenvalue weighted by Crippen LogP contribution is -2.52. The van der Waals surface area contributed by atoms with Crippen LogP contribution in [0, 0.1) is 11.8 Å². The molecule has 0 saturated carbocycles. The SMILES string of the molecule is C=C=C[C@]1(F)[C@H](N2C=CC(=O)CC2=O)O[C@](F)(CI)[C@H]1C.C=C=C[C@]1(F)[C@H](N2C=CC(=O)CC2=O)O[C@](F)(CO)[C@H]1C.C=C=C[C@]1(F)[C@H](N2C=CC(=O)CC2=O)O[C@](F)(CO)[C@H]1O.CC(C)OC(=O)[C@H](C)N.CC(C)OC(=O)[C@H](C)NP(=O)(Cl)Oc1ccccc1.Cl.O=P(Cl)(Cl)Oc1ccccc1. The summed E-state index contributed by atoms with van der Waals surface area (Å²) in [5, 5.41) is 30.3. The van der Waals surface area contributed by atoms with E-state index in [1.165, 1.54) is 20.8 Å². The Labute approximate surface area is 624 Å². The first-order valence-electron chi connectivity index (χ1n) is 30.3. The zero-order chi connectivity index (χ0) is 77.7. The molecule has 25 nitrogen and oxygen atoms in total. The van der Waals surface area contributed by atoms with Crippen molar-refractivity contribution in [1.29, 1.82) is 0 Å². The molecule has 1 unspecified atom stereocenters. The molecule has 0 radical (unpaired) electrons. The summed E-state index contributed by atoms with van der Waals surface area (Å²) in [6.07, 6.45) is -3.69. The topological polar surface area (TPSA) is 344 Å². The minimum atomic E-state index is -3.65. The van der Waals surface area contributed by atoms with E-state index in [9.17, 15) is 70.2 Å². The number of benzene rings is 2. The molecule has 0 aliphatic carbocycles. The minimum absolute atomic E-state index is 0. The van der Waals surface area contributed by atoms with Gasteiger partial charge in [-0.05, 0) is 96.2 Å². The predicted octanol–water partition coefficient (Wildman–Crippen LogP) is 10.9. The zero-order valence-corrected chi connectivity index (χ0v) is 63.4. The number of nitrogens with one attached hydrogen (secondary N) is 1. The van der Waals surface area contributed by atoms with Crippen LogP contribution in [-0.4, -0.2) is 178 Å². The molecule has 6 heterocycles. The van der Waals surface area contributed by atoms with Crippen LogP contribution >= 0.6 is 81.7 Å². The van der Waals surface area contributed by atoms with Crippen LogP contribution in [0.1, 0.15) is 74.7 Å². The van der Waals surface area contributed by atoms with Crippen molar-refractivity contribution in [3.63, 3.8) is 0 Å². The van der Waals surface area contributed by atoms with Gasteiger partial charge in [-0.1, -0.05) is 92.6 Å². The number of esters is 2. The fraction of sp³-hybridized carbons (Fsp3) is 0.462. The first-order chi connectivity index (χ1) is 47.3. The van der Waals surface area contributed by atoms with Gasteiger partial charge in [-0.15, -0.1) is 29.6 Å². The van der Waals surface area contributed by atoms with Crippen LogP contribution < -0.4 is 19.9 Å². The second-order valence-electron chi connectivity index (χ2n) is 23.2. The largest absolute Gasteiger partial charge is 0.462 e. The number of amides is 3. The number of carbonyl (C=O) groups is 8. The van der Waals surface area contributed by atoms with Crippen LogP contribution in [0.2, 0.25) is 0 Å². The van der Waals surface area contributed by atoms with Crippen LogP contribution in [0.5, 0.6) is 11.5 Å². The van der Waals surface area contributed by atoms with Gasteiger partial charge in [0, 0.05) is 58.4 Å². The normalized spacial score (nSPS) is 29.4. The summed E-state index contributed by atoms with van der Waals surface area (Å²) in [6, 6.07) is 15.7. The number of alkyl halides is 7. The van der Waals surface area contributed by atoms with Gasteiger partial charge in [0.05, 0.1) is 47.7 Å². The quantitative estimate of drug-likeness (QED) is 0.0166. The van der Waals surface area contributed by atoms with Gasteiger partial charge in [-0.25, -0.2) is 40.6 Å². The molecule has 0 spiro atoms. The lowest BCUT2D eigenvalue weighted by Gasteiger charge is -2.33. The highest BCUT2D eigenvalue weighted by Gasteiger charge is 2.68. The third kappa shape index (κ3) is 25.5. The molecular weight excluding hydrogens is 1620 g/mol. The second-order valence-corrected chi connectivity index (χ2v) is 30.9. The van der Waals surface area contributed by atoms with Crippen molar-refractivity contribution in [2.75, 3.05) is 17.6 Å². The molecule has 2 aromatic carbocycles. The van der Waals surface area contributed by atoms with Gasteiger partial charge in [-0.2, -0.15) is 0 Å². The van der Waals surface area contributed by atoms with E-state index in [4.69, 9.17) is 77.9 Å². The molecule has 3 saturated heterocycles. The summed E-state index contributed by atoms with van der Waals surface area (Å²) in [4.78, 5) is 93.6. The molecular formula is C65H78Cl4F6IN5O20P2. The molecule has 103 heavy (non-hydrogen) atoms. The number of allylic oxidation sites excluding steroid dienone is 3. The Balaban J connectivity index is 0.000000428. The van der Waals surface area contributed by atoms with E-state index in [-0.39, 0.29) is 47.2 Å². The molecule has 38 heteroatoms. The third-order valence-corrected chi connectivity index (χ3v) is 18.2. The average molecular weight is 1690 g/mol. The van der Waals surface area contributed by atoms with Gasteiger partial charge in [0.15, 0.2) is 53.5 Å². The van der Waals surface area contributed by atoms with E-state index >= 15 is 8.78 Å². The van der Waals surface area contributed by atoms with Gasteiger partial charge in [-0.3, -0.25) is 53.1 Å². The number of halogens is 11. The van der Waals surface area contributed by atoms with Crippen LogP contribution in [0.15, 0.2) is 153 Å². The Morgan fingerprint density at radius 3 is 1.27 bits per heavy atom. The van der Waals surface area contributed by atoms with Crippen molar-refractivity contribution in [2.24, 2.45) is 17.6 Å². The van der Waals surface area contributed by atoms with E-state index in [0.29, 0.717) is 22.5 Å². The van der Waals surface area contributed by atoms with E-state index in [1.54, 1.807) is 118 Å². The Kier molecular flexibility index (Phi) is 36.0. The van der Waals surface area contributed by atoms with Gasteiger partial charge in [0.1, 0.15) is 36.8 Å². The van der Waals surface area contributed by atoms with Gasteiger partial charge < -0.3 is 53.8 Å². The molecule has 570 valence electrons. The molecule has 6 N–H and O–H groups in total. The number of rotatable bonds is 19. The van der Waals surface area contributed by atoms with Gasteiger partial charge >= 0.3 is 24.9 Å². The van der Waals surface area contributed by atoms with Crippen LogP contribution in [-0.2, 0) is 71.2 Å². The van der Waals surface area contributed by atoms with Crippen LogP contribution in [0.25, 0.3) is 0 Å². The summed E-state index contributed by atoms with van der Waals surface area (Å²) in [5.74, 6) is -14.1. The first kappa shape index (κ1) is 92.9. The Morgan fingerprint density at radius 2 is 0.951 bits per heavy atom. The van der Waals surface area contributed by atoms with Crippen molar-refractivity contribution in [3.8, 4) is 11.5 Å². The molecule has 3 amide bonds. The summed E-state index contributed by atoms with van der Waals surface area (Å²) < 4.78 is 146. The number of hydrogen-bond acceptors (Lipinski definition) is 21. The number of ketones is 3. The zero-order valence-electron chi connectivity index (χ0n) is 56.4. The van der Waals surface area contributed by atoms with Crippen molar-refractivity contribution in [2.45, 2.75) is 158 Å². The van der Waals surface area contributed by atoms with Gasteiger partial charge in [0.25, 0.3) is 5.85 Å². The Morgan fingerprint density at radius 1 is 0.621 bits per heavy atom. The minimum Gasteiger partial charge on any atom is -0.462 e. The van der Waals surface area contributed by atoms with Crippen LogP contribution in [0.3, 0.4) is 0 Å². The summed E-state index contributed by atoms with van der Waals surface area (Å²) >= 11 is 17.9. The fourth-order valence-corrected chi connectivity index (χ4v) is 12.8. The number of aliphatic hydroxyl groups excluding tert-OH is 3. The highest BCUT2D eigenvalue weighted by atomic mass is 127. The first-order valence-corrected chi connectivity index (χ1v) is 37.8. The molecule has 8 rings (SSSR count). The van der Waals surface area contributed by atoms with Crippen molar-refractivity contribution in [3.05, 3.63) is 153 Å². The van der Waals surface area contributed by atoms with Crippen LogP contribution in [0.4, 0.5) is 26.3 Å². The van der Waals surface area contributed by atoms with Crippen molar-refractivity contribution < 1.29 is 122 Å². The molecule has 0 bridgehead atoms. The number of hydrogen-bond donors (Lipinski definition) is 5. The number of para-hydroxylation sites is 2.